The molecule has 2 aromatic rings. The van der Waals surface area contributed by atoms with Crippen molar-refractivity contribution in [2.75, 3.05) is 12.0 Å². The zero-order valence-electron chi connectivity index (χ0n) is 15.7. The van der Waals surface area contributed by atoms with Crippen LogP contribution in [0.3, 0.4) is 0 Å². The number of thioether (sulfide) groups is 1. The largest absolute Gasteiger partial charge is 0.480 e. The first-order chi connectivity index (χ1) is 13.9. The lowest BCUT2D eigenvalue weighted by molar-refractivity contribution is -0.141. The fourth-order valence-corrected chi connectivity index (χ4v) is 3.13. The van der Waals surface area contributed by atoms with E-state index in [0.29, 0.717) is 16.9 Å². The minimum absolute atomic E-state index is 0.0309. The van der Waals surface area contributed by atoms with Crippen LogP contribution in [0.2, 0.25) is 0 Å². The molecule has 1 atom stereocenters. The number of amides is 2. The highest BCUT2D eigenvalue weighted by Crippen LogP contribution is 2.13. The van der Waals surface area contributed by atoms with E-state index in [1.54, 1.807) is 54.6 Å². The van der Waals surface area contributed by atoms with Gasteiger partial charge >= 0.3 is 5.97 Å². The Balaban J connectivity index is 2.27. The summed E-state index contributed by atoms with van der Waals surface area (Å²) in [5.41, 5.74) is 1.04. The topological polar surface area (TPSA) is 95.5 Å². The van der Waals surface area contributed by atoms with Gasteiger partial charge in [-0.1, -0.05) is 46.3 Å². The summed E-state index contributed by atoms with van der Waals surface area (Å²) in [6.45, 7) is 0. The highest BCUT2D eigenvalue weighted by atomic mass is 79.9. The van der Waals surface area contributed by atoms with E-state index in [2.05, 4.69) is 26.6 Å². The molecule has 0 bridgehead atoms. The molecule has 0 radical (unpaired) electrons. The van der Waals surface area contributed by atoms with Gasteiger partial charge in [-0.2, -0.15) is 11.8 Å². The third-order valence-corrected chi connectivity index (χ3v) is 5.10. The fourth-order valence-electron chi connectivity index (χ4n) is 2.40. The summed E-state index contributed by atoms with van der Waals surface area (Å²) in [6.07, 6.45) is 3.65. The molecule has 0 saturated heterocycles. The molecule has 0 heterocycles. The van der Waals surface area contributed by atoms with Crippen molar-refractivity contribution in [3.05, 3.63) is 75.9 Å². The maximum absolute atomic E-state index is 12.8. The van der Waals surface area contributed by atoms with Gasteiger partial charge in [0.1, 0.15) is 11.7 Å². The normalized spacial score (nSPS) is 12.1. The van der Waals surface area contributed by atoms with Crippen molar-refractivity contribution >= 4 is 51.6 Å². The Morgan fingerprint density at radius 1 is 1.10 bits per heavy atom. The lowest BCUT2D eigenvalue weighted by Gasteiger charge is -2.16. The number of carboxylic acids is 1. The Morgan fingerprint density at radius 2 is 1.76 bits per heavy atom. The second-order valence-electron chi connectivity index (χ2n) is 6.08. The first-order valence-corrected chi connectivity index (χ1v) is 11.0. The Bertz CT molecular complexity index is 885. The molecule has 8 heteroatoms. The van der Waals surface area contributed by atoms with Gasteiger partial charge in [0.15, 0.2) is 0 Å². The van der Waals surface area contributed by atoms with Gasteiger partial charge in [0, 0.05) is 10.0 Å². The highest BCUT2D eigenvalue weighted by molar-refractivity contribution is 9.10. The fraction of sp³-hybridized carbons (Fsp3) is 0.190. The Hall–Kier alpha value is -2.58. The molecule has 152 valence electrons. The number of hydrogen-bond acceptors (Lipinski definition) is 4. The van der Waals surface area contributed by atoms with Crippen molar-refractivity contribution in [1.29, 1.82) is 0 Å². The predicted octanol–water partition coefficient (Wildman–Crippen LogP) is 3.54. The second kappa shape index (κ2) is 11.4. The Kier molecular flexibility index (Phi) is 8.95. The number of carboxylic acid groups (broad SMARTS) is 1. The first-order valence-electron chi connectivity index (χ1n) is 8.77. The van der Waals surface area contributed by atoms with E-state index in [0.717, 1.165) is 4.47 Å². The van der Waals surface area contributed by atoms with Crippen molar-refractivity contribution in [1.82, 2.24) is 10.6 Å². The average molecular weight is 477 g/mol. The highest BCUT2D eigenvalue weighted by Gasteiger charge is 2.22. The molecule has 0 fully saturated rings. The quantitative estimate of drug-likeness (QED) is 0.481. The molecule has 2 aromatic carbocycles. The summed E-state index contributed by atoms with van der Waals surface area (Å²) in [4.78, 5) is 36.8. The summed E-state index contributed by atoms with van der Waals surface area (Å²) in [6, 6.07) is 14.6. The molecule has 29 heavy (non-hydrogen) atoms. The number of rotatable bonds is 9. The first kappa shape index (κ1) is 22.7. The van der Waals surface area contributed by atoms with Crippen LogP contribution in [-0.2, 0) is 9.59 Å². The van der Waals surface area contributed by atoms with E-state index < -0.39 is 23.8 Å². The van der Waals surface area contributed by atoms with Gasteiger partial charge < -0.3 is 15.7 Å². The van der Waals surface area contributed by atoms with Gasteiger partial charge in [-0.15, -0.1) is 0 Å². The summed E-state index contributed by atoms with van der Waals surface area (Å²) in [5, 5.41) is 14.5. The third-order valence-electron chi connectivity index (χ3n) is 3.92. The molecule has 1 unspecified atom stereocenters. The van der Waals surface area contributed by atoms with Crippen LogP contribution in [0.25, 0.3) is 6.08 Å². The molecular weight excluding hydrogens is 456 g/mol. The van der Waals surface area contributed by atoms with Crippen molar-refractivity contribution < 1.29 is 19.5 Å². The number of benzene rings is 2. The minimum Gasteiger partial charge on any atom is -0.480 e. The molecule has 0 aliphatic carbocycles. The van der Waals surface area contributed by atoms with Crippen molar-refractivity contribution in [2.45, 2.75) is 12.5 Å². The van der Waals surface area contributed by atoms with Gasteiger partial charge in [0.25, 0.3) is 11.8 Å². The van der Waals surface area contributed by atoms with E-state index >= 15 is 0 Å². The molecule has 0 spiro atoms. The van der Waals surface area contributed by atoms with Crippen molar-refractivity contribution in [3.8, 4) is 0 Å². The van der Waals surface area contributed by atoms with Crippen LogP contribution >= 0.6 is 27.7 Å². The Morgan fingerprint density at radius 3 is 2.34 bits per heavy atom. The number of carbonyl (C=O) groups is 3. The summed E-state index contributed by atoms with van der Waals surface area (Å²) in [7, 11) is 0. The lowest BCUT2D eigenvalue weighted by Crippen LogP contribution is -2.44. The van der Waals surface area contributed by atoms with Gasteiger partial charge in [-0.05, 0) is 54.3 Å². The molecule has 0 aliphatic rings. The number of carbonyl (C=O) groups excluding carboxylic acids is 2. The molecule has 0 saturated carbocycles. The van der Waals surface area contributed by atoms with Crippen LogP contribution in [0.5, 0.6) is 0 Å². The van der Waals surface area contributed by atoms with E-state index in [1.165, 1.54) is 17.8 Å². The zero-order valence-corrected chi connectivity index (χ0v) is 18.1. The van der Waals surface area contributed by atoms with Crippen LogP contribution in [0, 0.1) is 0 Å². The third kappa shape index (κ3) is 7.40. The minimum atomic E-state index is -1.12. The average Bonchev–Trinajstić information content (AvgIpc) is 2.72. The van der Waals surface area contributed by atoms with E-state index in [4.69, 9.17) is 0 Å². The van der Waals surface area contributed by atoms with Gasteiger partial charge in [0.2, 0.25) is 0 Å². The molecule has 6 nitrogen and oxygen atoms in total. The lowest BCUT2D eigenvalue weighted by atomic mass is 10.1. The standard InChI is InChI=1S/C21H21BrN2O4S/c1-29-12-11-17(21(27)28)23-20(26)18(13-14-7-9-16(22)10-8-14)24-19(25)15-5-3-2-4-6-15/h2-10,13,17H,11-12H2,1H3,(H,23,26)(H,24,25)(H,27,28)/b18-13+. The number of aliphatic carboxylic acids is 1. The SMILES string of the molecule is CSCCC(NC(=O)/C(=C\c1ccc(Br)cc1)NC(=O)c1ccccc1)C(=O)O. The molecule has 2 rings (SSSR count). The van der Waals surface area contributed by atoms with Crippen molar-refractivity contribution in [2.24, 2.45) is 0 Å². The predicted molar refractivity (Wildman–Crippen MR) is 119 cm³/mol. The van der Waals surface area contributed by atoms with Gasteiger partial charge in [-0.3, -0.25) is 9.59 Å². The monoisotopic (exact) mass is 476 g/mol. The summed E-state index contributed by atoms with van der Waals surface area (Å²) in [5.74, 6) is -1.66. The molecule has 3 N–H and O–H groups in total. The van der Waals surface area contributed by atoms with Crippen LogP contribution < -0.4 is 10.6 Å². The van der Waals surface area contributed by atoms with Gasteiger partial charge in [-0.25, -0.2) is 4.79 Å². The van der Waals surface area contributed by atoms with Gasteiger partial charge in [0.05, 0.1) is 0 Å². The van der Waals surface area contributed by atoms with Crippen LogP contribution in [0.4, 0.5) is 0 Å². The smallest absolute Gasteiger partial charge is 0.326 e. The van der Waals surface area contributed by atoms with Crippen LogP contribution in [0.15, 0.2) is 64.8 Å². The molecular formula is C21H21BrN2O4S. The molecule has 2 amide bonds. The maximum Gasteiger partial charge on any atom is 0.326 e. The second-order valence-corrected chi connectivity index (χ2v) is 7.98. The maximum atomic E-state index is 12.8. The van der Waals surface area contributed by atoms with E-state index in [1.807, 2.05) is 6.26 Å². The van der Waals surface area contributed by atoms with Crippen LogP contribution in [-0.4, -0.2) is 40.9 Å². The number of hydrogen-bond donors (Lipinski definition) is 3. The number of halogens is 1. The Labute approximate surface area is 181 Å². The van der Waals surface area contributed by atoms with Crippen molar-refractivity contribution in [3.63, 3.8) is 0 Å². The van der Waals surface area contributed by atoms with E-state index in [9.17, 15) is 19.5 Å². The zero-order chi connectivity index (χ0) is 21.2. The van der Waals surface area contributed by atoms with E-state index in [-0.39, 0.29) is 12.1 Å². The summed E-state index contributed by atoms with van der Waals surface area (Å²) >= 11 is 4.84. The molecule has 0 aromatic heterocycles. The summed E-state index contributed by atoms with van der Waals surface area (Å²) < 4.78 is 0.872. The van der Waals surface area contributed by atoms with Crippen LogP contribution in [0.1, 0.15) is 22.3 Å². The molecule has 0 aliphatic heterocycles. The number of nitrogens with one attached hydrogen (secondary N) is 2.